The Morgan fingerprint density at radius 1 is 0.962 bits per heavy atom. The number of amides is 1. The van der Waals surface area contributed by atoms with Gasteiger partial charge in [0, 0.05) is 11.4 Å². The highest BCUT2D eigenvalue weighted by Crippen LogP contribution is 2.37. The van der Waals surface area contributed by atoms with Gasteiger partial charge in [-0.15, -0.1) is 0 Å². The number of methoxy groups -OCH3 is 1. The molecule has 1 aliphatic heterocycles. The third-order valence-electron chi connectivity index (χ3n) is 4.46. The summed E-state index contributed by atoms with van der Waals surface area (Å²) in [6.07, 6.45) is -0.439. The lowest BCUT2D eigenvalue weighted by molar-refractivity contribution is 0.0975. The SMILES string of the molecule is COc1ccc(N2C(=O)c3ccccc3N[C@@H]2c2ccc(F)cc2)cc1. The zero-order valence-corrected chi connectivity index (χ0v) is 14.1. The fraction of sp³-hybridized carbons (Fsp3) is 0.0952. The molecule has 1 atom stereocenters. The van der Waals surface area contributed by atoms with Gasteiger partial charge < -0.3 is 10.1 Å². The second-order valence-corrected chi connectivity index (χ2v) is 6.02. The van der Waals surface area contributed by atoms with E-state index in [1.807, 2.05) is 42.5 Å². The van der Waals surface area contributed by atoms with Gasteiger partial charge in [0.15, 0.2) is 0 Å². The van der Waals surface area contributed by atoms with Crippen LogP contribution in [-0.2, 0) is 0 Å². The van der Waals surface area contributed by atoms with E-state index in [-0.39, 0.29) is 11.7 Å². The van der Waals surface area contributed by atoms with Crippen LogP contribution in [-0.4, -0.2) is 13.0 Å². The fourth-order valence-corrected chi connectivity index (χ4v) is 3.14. The van der Waals surface area contributed by atoms with Crippen molar-refractivity contribution >= 4 is 17.3 Å². The van der Waals surface area contributed by atoms with Crippen LogP contribution < -0.4 is 15.0 Å². The number of nitrogens with one attached hydrogen (secondary N) is 1. The Morgan fingerprint density at radius 3 is 2.35 bits per heavy atom. The van der Waals surface area contributed by atoms with E-state index in [0.29, 0.717) is 11.3 Å². The summed E-state index contributed by atoms with van der Waals surface area (Å²) in [5.41, 5.74) is 2.88. The molecule has 0 aliphatic carbocycles. The minimum atomic E-state index is -0.439. The molecule has 0 spiro atoms. The molecule has 3 aromatic carbocycles. The average molecular weight is 348 g/mol. The normalized spacial score (nSPS) is 16.0. The number of anilines is 2. The number of carbonyl (C=O) groups is 1. The molecule has 1 amide bonds. The fourth-order valence-electron chi connectivity index (χ4n) is 3.14. The zero-order valence-electron chi connectivity index (χ0n) is 14.1. The smallest absolute Gasteiger partial charge is 0.262 e. The van der Waals surface area contributed by atoms with Gasteiger partial charge in [0.1, 0.15) is 17.7 Å². The molecule has 0 saturated heterocycles. The van der Waals surface area contributed by atoms with Crippen molar-refractivity contribution in [3.05, 3.63) is 89.7 Å². The molecule has 4 rings (SSSR count). The van der Waals surface area contributed by atoms with E-state index in [4.69, 9.17) is 4.74 Å². The number of fused-ring (bicyclic) bond motifs is 1. The first kappa shape index (κ1) is 16.1. The molecule has 130 valence electrons. The lowest BCUT2D eigenvalue weighted by atomic mass is 10.0. The quantitative estimate of drug-likeness (QED) is 0.752. The van der Waals surface area contributed by atoms with Gasteiger partial charge in [-0.25, -0.2) is 4.39 Å². The maximum atomic E-state index is 13.4. The van der Waals surface area contributed by atoms with E-state index in [2.05, 4.69) is 5.32 Å². The van der Waals surface area contributed by atoms with E-state index in [9.17, 15) is 9.18 Å². The van der Waals surface area contributed by atoms with Crippen molar-refractivity contribution in [2.75, 3.05) is 17.3 Å². The first-order chi connectivity index (χ1) is 12.7. The molecule has 0 aromatic heterocycles. The third-order valence-corrected chi connectivity index (χ3v) is 4.46. The first-order valence-corrected chi connectivity index (χ1v) is 8.26. The van der Waals surface area contributed by atoms with Gasteiger partial charge in [0.25, 0.3) is 5.91 Å². The standard InChI is InChI=1S/C21H17FN2O2/c1-26-17-12-10-16(11-13-17)24-20(14-6-8-15(22)9-7-14)23-19-5-3-2-4-18(19)21(24)25/h2-13,20,23H,1H3/t20-/m0/s1. The third kappa shape index (κ3) is 2.77. The molecule has 0 saturated carbocycles. The number of carbonyl (C=O) groups excluding carboxylic acids is 1. The average Bonchev–Trinajstić information content (AvgIpc) is 2.69. The minimum absolute atomic E-state index is 0.112. The Kier molecular flexibility index (Phi) is 4.05. The molecule has 5 heteroatoms. The number of hydrogen-bond donors (Lipinski definition) is 1. The van der Waals surface area contributed by atoms with Gasteiger partial charge in [0.05, 0.1) is 12.7 Å². The van der Waals surface area contributed by atoms with Crippen LogP contribution in [0.1, 0.15) is 22.1 Å². The second-order valence-electron chi connectivity index (χ2n) is 6.02. The Balaban J connectivity index is 1.82. The van der Waals surface area contributed by atoms with Crippen LogP contribution >= 0.6 is 0 Å². The van der Waals surface area contributed by atoms with Gasteiger partial charge in [-0.05, 0) is 54.1 Å². The summed E-state index contributed by atoms with van der Waals surface area (Å²) < 4.78 is 18.6. The van der Waals surface area contributed by atoms with Crippen molar-refractivity contribution < 1.29 is 13.9 Å². The van der Waals surface area contributed by atoms with Gasteiger partial charge >= 0.3 is 0 Å². The van der Waals surface area contributed by atoms with Crippen molar-refractivity contribution in [1.82, 2.24) is 0 Å². The van der Waals surface area contributed by atoms with E-state index in [1.54, 1.807) is 30.2 Å². The maximum absolute atomic E-state index is 13.4. The highest BCUT2D eigenvalue weighted by atomic mass is 19.1. The van der Waals surface area contributed by atoms with Crippen LogP contribution in [0.3, 0.4) is 0 Å². The van der Waals surface area contributed by atoms with Crippen LogP contribution in [0.4, 0.5) is 15.8 Å². The number of hydrogen-bond acceptors (Lipinski definition) is 3. The largest absolute Gasteiger partial charge is 0.497 e. The summed E-state index contributed by atoms with van der Waals surface area (Å²) in [6, 6.07) is 20.8. The van der Waals surface area contributed by atoms with Crippen LogP contribution in [0.5, 0.6) is 5.75 Å². The lowest BCUT2D eigenvalue weighted by Gasteiger charge is -2.38. The highest BCUT2D eigenvalue weighted by Gasteiger charge is 2.33. The topological polar surface area (TPSA) is 41.6 Å². The monoisotopic (exact) mass is 348 g/mol. The Hall–Kier alpha value is -3.34. The van der Waals surface area contributed by atoms with E-state index < -0.39 is 6.17 Å². The molecule has 0 fully saturated rings. The van der Waals surface area contributed by atoms with Gasteiger partial charge in [-0.1, -0.05) is 24.3 Å². The number of halogens is 1. The van der Waals surface area contributed by atoms with Crippen molar-refractivity contribution in [3.8, 4) is 5.75 Å². The molecular formula is C21H17FN2O2. The minimum Gasteiger partial charge on any atom is -0.497 e. The maximum Gasteiger partial charge on any atom is 0.262 e. The van der Waals surface area contributed by atoms with Crippen LogP contribution in [0.2, 0.25) is 0 Å². The Morgan fingerprint density at radius 2 is 1.65 bits per heavy atom. The Bertz CT molecular complexity index is 939. The highest BCUT2D eigenvalue weighted by molar-refractivity contribution is 6.12. The van der Waals surface area contributed by atoms with Gasteiger partial charge in [-0.3, -0.25) is 9.69 Å². The predicted molar refractivity (Wildman–Crippen MR) is 99.0 cm³/mol. The van der Waals surface area contributed by atoms with Crippen LogP contribution in [0.25, 0.3) is 0 Å². The summed E-state index contributed by atoms with van der Waals surface area (Å²) in [6.45, 7) is 0. The van der Waals surface area contributed by atoms with Crippen LogP contribution in [0.15, 0.2) is 72.8 Å². The van der Waals surface area contributed by atoms with E-state index in [0.717, 1.165) is 16.9 Å². The molecule has 1 heterocycles. The summed E-state index contributed by atoms with van der Waals surface area (Å²) >= 11 is 0. The molecule has 0 unspecified atom stereocenters. The van der Waals surface area contributed by atoms with Crippen molar-refractivity contribution in [2.24, 2.45) is 0 Å². The summed E-state index contributed by atoms with van der Waals surface area (Å²) in [5.74, 6) is 0.288. The second kappa shape index (κ2) is 6.52. The Labute approximate surface area is 150 Å². The molecule has 26 heavy (non-hydrogen) atoms. The van der Waals surface area contributed by atoms with Crippen molar-refractivity contribution in [3.63, 3.8) is 0 Å². The van der Waals surface area contributed by atoms with Gasteiger partial charge in [0.2, 0.25) is 0 Å². The predicted octanol–water partition coefficient (Wildman–Crippen LogP) is 4.61. The number of nitrogens with zero attached hydrogens (tertiary/aromatic N) is 1. The molecular weight excluding hydrogens is 331 g/mol. The number of benzene rings is 3. The van der Waals surface area contributed by atoms with E-state index >= 15 is 0 Å². The number of ether oxygens (including phenoxy) is 1. The number of para-hydroxylation sites is 1. The molecule has 1 N–H and O–H groups in total. The molecule has 4 nitrogen and oxygen atoms in total. The van der Waals surface area contributed by atoms with Gasteiger partial charge in [-0.2, -0.15) is 0 Å². The van der Waals surface area contributed by atoms with Crippen molar-refractivity contribution in [1.29, 1.82) is 0 Å². The summed E-state index contributed by atoms with van der Waals surface area (Å²) in [4.78, 5) is 14.9. The zero-order chi connectivity index (χ0) is 18.1. The summed E-state index contributed by atoms with van der Waals surface area (Å²) in [7, 11) is 1.60. The summed E-state index contributed by atoms with van der Waals surface area (Å²) in [5, 5.41) is 3.39. The first-order valence-electron chi connectivity index (χ1n) is 8.26. The number of rotatable bonds is 3. The molecule has 0 radical (unpaired) electrons. The molecule has 3 aromatic rings. The van der Waals surface area contributed by atoms with E-state index in [1.165, 1.54) is 12.1 Å². The van der Waals surface area contributed by atoms with Crippen molar-refractivity contribution in [2.45, 2.75) is 6.17 Å². The molecule has 1 aliphatic rings. The molecule has 0 bridgehead atoms. The lowest BCUT2D eigenvalue weighted by Crippen LogP contribution is -2.43. The van der Waals surface area contributed by atoms with Crippen LogP contribution in [0, 0.1) is 5.82 Å².